The van der Waals surface area contributed by atoms with Gasteiger partial charge < -0.3 is 9.88 Å². The van der Waals surface area contributed by atoms with Crippen LogP contribution in [0.5, 0.6) is 0 Å². The van der Waals surface area contributed by atoms with Crippen molar-refractivity contribution in [2.24, 2.45) is 0 Å². The lowest BCUT2D eigenvalue weighted by atomic mass is 10.0. The number of carbonyl (C=O) groups excluding carboxylic acids is 3. The van der Waals surface area contributed by atoms with Crippen LogP contribution in [0, 0.1) is 0 Å². The first-order valence-corrected chi connectivity index (χ1v) is 9.84. The van der Waals surface area contributed by atoms with Crippen molar-refractivity contribution >= 4 is 44.6 Å². The van der Waals surface area contributed by atoms with Gasteiger partial charge in [0.1, 0.15) is 6.54 Å². The Morgan fingerprint density at radius 1 is 1.07 bits per heavy atom. The molecule has 0 saturated carbocycles. The third-order valence-electron chi connectivity index (χ3n) is 5.46. The Morgan fingerprint density at radius 2 is 1.86 bits per heavy atom. The zero-order chi connectivity index (χ0) is 19.4. The molecule has 2 aliphatic heterocycles. The predicted molar refractivity (Wildman–Crippen MR) is 107 cm³/mol. The third kappa shape index (κ3) is 2.57. The summed E-state index contributed by atoms with van der Waals surface area (Å²) in [5, 5.41) is 1.11. The zero-order valence-corrected chi connectivity index (χ0v) is 16.5. The Bertz CT molecular complexity index is 1170. The maximum Gasteiger partial charge on any atom is 0.262 e. The van der Waals surface area contributed by atoms with Gasteiger partial charge in [-0.25, -0.2) is 0 Å². The highest BCUT2D eigenvalue weighted by molar-refractivity contribution is 9.10. The molecule has 1 aromatic heterocycles. The van der Waals surface area contributed by atoms with Gasteiger partial charge in [-0.2, -0.15) is 0 Å². The van der Waals surface area contributed by atoms with E-state index in [1.54, 1.807) is 23.1 Å². The van der Waals surface area contributed by atoms with Crippen LogP contribution in [0.25, 0.3) is 10.9 Å². The zero-order valence-electron chi connectivity index (χ0n) is 14.9. The largest absolute Gasteiger partial charge is 0.358 e. The normalized spacial score (nSPS) is 15.9. The minimum absolute atomic E-state index is 0.218. The number of imide groups is 1. The summed E-state index contributed by atoms with van der Waals surface area (Å²) < 4.78 is 0.725. The Hall–Kier alpha value is -2.93. The first-order valence-electron chi connectivity index (χ1n) is 9.05. The fourth-order valence-corrected chi connectivity index (χ4v) is 4.38. The molecule has 0 aliphatic carbocycles. The van der Waals surface area contributed by atoms with Crippen molar-refractivity contribution in [3.8, 4) is 0 Å². The van der Waals surface area contributed by atoms with Gasteiger partial charge in [-0.15, -0.1) is 0 Å². The first-order chi connectivity index (χ1) is 13.5. The van der Waals surface area contributed by atoms with Crippen molar-refractivity contribution in [3.05, 3.63) is 69.3 Å². The molecular formula is C21H16BrN3O3. The summed E-state index contributed by atoms with van der Waals surface area (Å²) in [7, 11) is 0. The van der Waals surface area contributed by atoms with E-state index in [1.165, 1.54) is 0 Å². The molecule has 0 saturated heterocycles. The number of aromatic nitrogens is 1. The molecule has 0 bridgehead atoms. The number of carbonyl (C=O) groups is 3. The van der Waals surface area contributed by atoms with Crippen LogP contribution >= 0.6 is 15.9 Å². The summed E-state index contributed by atoms with van der Waals surface area (Å²) in [6, 6.07) is 13.0. The van der Waals surface area contributed by atoms with Crippen LogP contribution in [-0.4, -0.2) is 45.6 Å². The van der Waals surface area contributed by atoms with Crippen LogP contribution in [0.4, 0.5) is 0 Å². The van der Waals surface area contributed by atoms with Gasteiger partial charge in [0, 0.05) is 46.1 Å². The van der Waals surface area contributed by atoms with Crippen molar-refractivity contribution in [3.63, 3.8) is 0 Å². The fourth-order valence-electron chi connectivity index (χ4n) is 4.02. The average molecular weight is 438 g/mol. The van der Waals surface area contributed by atoms with Crippen molar-refractivity contribution in [1.29, 1.82) is 0 Å². The summed E-state index contributed by atoms with van der Waals surface area (Å²) in [4.78, 5) is 44.3. The van der Waals surface area contributed by atoms with Crippen molar-refractivity contribution < 1.29 is 14.4 Å². The van der Waals surface area contributed by atoms with Gasteiger partial charge >= 0.3 is 0 Å². The highest BCUT2D eigenvalue weighted by Gasteiger charge is 2.38. The van der Waals surface area contributed by atoms with Gasteiger partial charge in [0.2, 0.25) is 5.91 Å². The number of aromatic amines is 1. The fraction of sp³-hybridized carbons (Fsp3) is 0.190. The van der Waals surface area contributed by atoms with Gasteiger partial charge in [-0.1, -0.05) is 34.1 Å². The second-order valence-electron chi connectivity index (χ2n) is 7.08. The van der Waals surface area contributed by atoms with Crippen molar-refractivity contribution in [2.45, 2.75) is 13.0 Å². The number of halogens is 1. The van der Waals surface area contributed by atoms with E-state index in [1.807, 2.05) is 24.3 Å². The molecule has 2 aliphatic rings. The topological polar surface area (TPSA) is 73.5 Å². The number of nitrogens with one attached hydrogen (secondary N) is 1. The molecule has 3 amide bonds. The molecule has 5 rings (SSSR count). The number of hydrogen-bond donors (Lipinski definition) is 1. The summed E-state index contributed by atoms with van der Waals surface area (Å²) in [5.41, 5.74) is 4.01. The predicted octanol–water partition coefficient (Wildman–Crippen LogP) is 3.11. The summed E-state index contributed by atoms with van der Waals surface area (Å²) in [6.45, 7) is 0.807. The molecule has 0 atom stereocenters. The van der Waals surface area contributed by atoms with Crippen molar-refractivity contribution in [2.75, 3.05) is 13.1 Å². The molecule has 28 heavy (non-hydrogen) atoms. The molecular weight excluding hydrogens is 422 g/mol. The highest BCUT2D eigenvalue weighted by Crippen LogP contribution is 2.29. The van der Waals surface area contributed by atoms with E-state index in [0.717, 1.165) is 38.0 Å². The van der Waals surface area contributed by atoms with E-state index >= 15 is 0 Å². The smallest absolute Gasteiger partial charge is 0.262 e. The second-order valence-corrected chi connectivity index (χ2v) is 8.00. The quantitative estimate of drug-likeness (QED) is 0.625. The Kier molecular flexibility index (Phi) is 3.87. The third-order valence-corrected chi connectivity index (χ3v) is 5.95. The summed E-state index contributed by atoms with van der Waals surface area (Å²) >= 11 is 3.32. The molecule has 6 nitrogen and oxygen atoms in total. The number of rotatable bonds is 2. The Balaban J connectivity index is 1.37. The number of hydrogen-bond acceptors (Lipinski definition) is 3. The number of benzene rings is 2. The van der Waals surface area contributed by atoms with Crippen LogP contribution in [0.1, 0.15) is 32.0 Å². The second kappa shape index (κ2) is 6.31. The summed E-state index contributed by atoms with van der Waals surface area (Å²) in [6.07, 6.45) is 0.727. The van der Waals surface area contributed by atoms with Gasteiger partial charge in [0.25, 0.3) is 11.8 Å². The lowest BCUT2D eigenvalue weighted by molar-refractivity contribution is -0.132. The maximum absolute atomic E-state index is 12.9. The van der Waals surface area contributed by atoms with E-state index in [9.17, 15) is 14.4 Å². The molecule has 0 fully saturated rings. The summed E-state index contributed by atoms with van der Waals surface area (Å²) in [5.74, 6) is -1.05. The minimum atomic E-state index is -0.417. The van der Waals surface area contributed by atoms with E-state index in [2.05, 4.69) is 20.9 Å². The van der Waals surface area contributed by atoms with E-state index in [0.29, 0.717) is 24.2 Å². The molecule has 0 unspecified atom stereocenters. The van der Waals surface area contributed by atoms with E-state index in [-0.39, 0.29) is 12.5 Å². The van der Waals surface area contributed by atoms with Crippen LogP contribution in [0.3, 0.4) is 0 Å². The Labute approximate surface area is 169 Å². The maximum atomic E-state index is 12.9. The SMILES string of the molecule is O=C(CN1C(=O)c2ccc(Br)cc2C1=O)N1CCc2[nH]c3ccccc3c2C1. The monoisotopic (exact) mass is 437 g/mol. The van der Waals surface area contributed by atoms with Gasteiger partial charge in [-0.3, -0.25) is 19.3 Å². The molecule has 2 aromatic carbocycles. The van der Waals surface area contributed by atoms with Crippen LogP contribution in [0.15, 0.2) is 46.9 Å². The minimum Gasteiger partial charge on any atom is -0.358 e. The van der Waals surface area contributed by atoms with E-state index < -0.39 is 11.8 Å². The van der Waals surface area contributed by atoms with Crippen LogP contribution in [0.2, 0.25) is 0 Å². The molecule has 7 heteroatoms. The standard InChI is InChI=1S/C21H16BrN3O3/c22-12-5-6-14-15(9-12)21(28)25(20(14)27)11-19(26)24-8-7-18-16(10-24)13-3-1-2-4-17(13)23-18/h1-6,9,23H,7-8,10-11H2. The highest BCUT2D eigenvalue weighted by atomic mass is 79.9. The first kappa shape index (κ1) is 17.2. The van der Waals surface area contributed by atoms with Crippen LogP contribution < -0.4 is 0 Å². The molecule has 140 valence electrons. The lowest BCUT2D eigenvalue weighted by Crippen LogP contribution is -2.44. The number of para-hydroxylation sites is 1. The molecule has 1 N–H and O–H groups in total. The number of fused-ring (bicyclic) bond motifs is 4. The molecule has 0 radical (unpaired) electrons. The van der Waals surface area contributed by atoms with Gasteiger partial charge in [0.15, 0.2) is 0 Å². The van der Waals surface area contributed by atoms with E-state index in [4.69, 9.17) is 0 Å². The average Bonchev–Trinajstić information content (AvgIpc) is 3.18. The lowest BCUT2D eigenvalue weighted by Gasteiger charge is -2.28. The van der Waals surface area contributed by atoms with Gasteiger partial charge in [-0.05, 0) is 24.3 Å². The number of amides is 3. The van der Waals surface area contributed by atoms with Crippen molar-refractivity contribution in [1.82, 2.24) is 14.8 Å². The Morgan fingerprint density at radius 3 is 2.71 bits per heavy atom. The number of nitrogens with zero attached hydrogens (tertiary/aromatic N) is 2. The molecule has 3 aromatic rings. The van der Waals surface area contributed by atoms with Crippen LogP contribution in [-0.2, 0) is 17.8 Å². The molecule has 0 spiro atoms. The number of H-pyrrole nitrogens is 1. The molecule has 3 heterocycles. The van der Waals surface area contributed by atoms with Gasteiger partial charge in [0.05, 0.1) is 11.1 Å².